The Morgan fingerprint density at radius 2 is 1.67 bits per heavy atom. The van der Waals surface area contributed by atoms with Crippen molar-refractivity contribution in [1.29, 1.82) is 0 Å². The van der Waals surface area contributed by atoms with Crippen molar-refractivity contribution in [2.45, 2.75) is 23.9 Å². The van der Waals surface area contributed by atoms with Crippen LogP contribution in [0, 0.1) is 5.82 Å². The minimum Gasteiger partial charge on any atom is -0.328 e. The molecule has 0 saturated heterocycles. The summed E-state index contributed by atoms with van der Waals surface area (Å²) in [6, 6.07) is 19.9. The van der Waals surface area contributed by atoms with Gasteiger partial charge in [0.25, 0.3) is 5.91 Å². The first-order valence-electron chi connectivity index (χ1n) is 11.0. The van der Waals surface area contributed by atoms with Crippen molar-refractivity contribution in [1.82, 2.24) is 14.8 Å². The van der Waals surface area contributed by atoms with E-state index in [-0.39, 0.29) is 11.7 Å². The number of amides is 1. The van der Waals surface area contributed by atoms with Gasteiger partial charge in [-0.15, -0.1) is 5.10 Å². The van der Waals surface area contributed by atoms with Crippen molar-refractivity contribution in [3.63, 3.8) is 0 Å². The van der Waals surface area contributed by atoms with Crippen LogP contribution >= 0.6 is 35.0 Å². The zero-order valence-corrected chi connectivity index (χ0v) is 21.3. The Balaban J connectivity index is 1.47. The number of nitrogens with zero attached hydrogens (tertiary/aromatic N) is 3. The standard InChI is InChI=1S/C26H20Cl2FN5OS/c1-15-22(24(35)31-21-12-8-19(28)9-13-21)23(17-4-10-20(29)11-5-17)34-25(30-15)32-26(33-34)36-14-16-2-6-18(27)7-3-16/h2-13,23H,14H2,1H3,(H,31,35)(H,30,32,33). The number of hydrogen-bond acceptors (Lipinski definition) is 5. The van der Waals surface area contributed by atoms with Gasteiger partial charge in [-0.05, 0) is 66.6 Å². The third kappa shape index (κ3) is 5.26. The smallest absolute Gasteiger partial charge is 0.255 e. The molecule has 36 heavy (non-hydrogen) atoms. The fourth-order valence-corrected chi connectivity index (χ4v) is 4.94. The molecule has 0 fully saturated rings. The number of nitrogens with one attached hydrogen (secondary N) is 2. The van der Waals surface area contributed by atoms with Crippen LogP contribution in [0.5, 0.6) is 0 Å². The van der Waals surface area contributed by atoms with Gasteiger partial charge >= 0.3 is 0 Å². The van der Waals surface area contributed by atoms with Crippen LogP contribution in [0.15, 0.2) is 89.2 Å². The highest BCUT2D eigenvalue weighted by atomic mass is 35.5. The largest absolute Gasteiger partial charge is 0.328 e. The van der Waals surface area contributed by atoms with Gasteiger partial charge in [-0.3, -0.25) is 4.79 Å². The molecule has 2 heterocycles. The van der Waals surface area contributed by atoms with Crippen molar-refractivity contribution in [3.05, 3.63) is 111 Å². The van der Waals surface area contributed by atoms with Crippen molar-refractivity contribution in [2.24, 2.45) is 0 Å². The first-order chi connectivity index (χ1) is 17.4. The van der Waals surface area contributed by atoms with Gasteiger partial charge in [-0.2, -0.15) is 4.98 Å². The van der Waals surface area contributed by atoms with Crippen molar-refractivity contribution < 1.29 is 9.18 Å². The minimum atomic E-state index is -0.605. The van der Waals surface area contributed by atoms with E-state index in [1.165, 1.54) is 23.9 Å². The minimum absolute atomic E-state index is 0.312. The van der Waals surface area contributed by atoms with E-state index in [0.717, 1.165) is 5.56 Å². The molecule has 5 rings (SSSR count). The van der Waals surface area contributed by atoms with Crippen molar-refractivity contribution in [3.8, 4) is 0 Å². The SMILES string of the molecule is CC1=C(C(=O)Nc2ccc(Cl)cc2)C(c2ccc(F)cc2)n2nc(SCc3ccc(Cl)cc3)nc2N1. The highest BCUT2D eigenvalue weighted by molar-refractivity contribution is 7.98. The van der Waals surface area contributed by atoms with Gasteiger partial charge in [-0.25, -0.2) is 9.07 Å². The maximum Gasteiger partial charge on any atom is 0.255 e. The van der Waals surface area contributed by atoms with Crippen LogP contribution in [0.3, 0.4) is 0 Å². The van der Waals surface area contributed by atoms with E-state index in [4.69, 9.17) is 28.3 Å². The van der Waals surface area contributed by atoms with Gasteiger partial charge in [0.05, 0.1) is 5.57 Å². The molecule has 1 amide bonds. The molecule has 0 spiro atoms. The predicted molar refractivity (Wildman–Crippen MR) is 142 cm³/mol. The zero-order chi connectivity index (χ0) is 25.2. The molecule has 1 unspecified atom stereocenters. The topological polar surface area (TPSA) is 71.8 Å². The molecule has 1 aliphatic heterocycles. The summed E-state index contributed by atoms with van der Waals surface area (Å²) >= 11 is 13.4. The van der Waals surface area contributed by atoms with Crippen LogP contribution in [0.1, 0.15) is 24.1 Å². The van der Waals surface area contributed by atoms with Crippen LogP contribution in [0.25, 0.3) is 0 Å². The third-order valence-electron chi connectivity index (χ3n) is 5.65. The Hall–Kier alpha value is -3.33. The second kappa shape index (κ2) is 10.3. The second-order valence-electron chi connectivity index (χ2n) is 8.16. The molecule has 1 aromatic heterocycles. The summed E-state index contributed by atoms with van der Waals surface area (Å²) in [5.41, 5.74) is 3.47. The number of carbonyl (C=O) groups is 1. The summed E-state index contributed by atoms with van der Waals surface area (Å²) in [5, 5.41) is 12.6. The van der Waals surface area contributed by atoms with Crippen molar-refractivity contribution >= 4 is 52.5 Å². The van der Waals surface area contributed by atoms with Gasteiger partial charge < -0.3 is 10.6 Å². The molecular formula is C26H20Cl2FN5OS. The van der Waals surface area contributed by atoms with Crippen molar-refractivity contribution in [2.75, 3.05) is 10.6 Å². The Bertz CT molecular complexity index is 1440. The fraction of sp³-hybridized carbons (Fsp3) is 0.115. The lowest BCUT2D eigenvalue weighted by Crippen LogP contribution is -2.31. The summed E-state index contributed by atoms with van der Waals surface area (Å²) in [5.74, 6) is 0.480. The van der Waals surface area contributed by atoms with E-state index < -0.39 is 6.04 Å². The lowest BCUT2D eigenvalue weighted by Gasteiger charge is -2.28. The van der Waals surface area contributed by atoms with Crippen LogP contribution < -0.4 is 10.6 Å². The number of aromatic nitrogens is 3. The third-order valence-corrected chi connectivity index (χ3v) is 7.06. The lowest BCUT2D eigenvalue weighted by atomic mass is 9.95. The molecular weight excluding hydrogens is 520 g/mol. The molecule has 0 radical (unpaired) electrons. The summed E-state index contributed by atoms with van der Waals surface area (Å²) in [7, 11) is 0. The molecule has 1 atom stereocenters. The summed E-state index contributed by atoms with van der Waals surface area (Å²) in [4.78, 5) is 18.1. The summed E-state index contributed by atoms with van der Waals surface area (Å²) in [6.45, 7) is 1.81. The number of hydrogen-bond donors (Lipinski definition) is 2. The molecule has 0 saturated carbocycles. The number of thioether (sulfide) groups is 1. The van der Waals surface area contributed by atoms with Gasteiger partial charge in [0.1, 0.15) is 11.9 Å². The summed E-state index contributed by atoms with van der Waals surface area (Å²) in [6.07, 6.45) is 0. The Morgan fingerprint density at radius 1 is 1.03 bits per heavy atom. The quantitative estimate of drug-likeness (QED) is 0.259. The Kier molecular flexibility index (Phi) is 7.00. The molecule has 0 aliphatic carbocycles. The van der Waals surface area contributed by atoms with Gasteiger partial charge in [-0.1, -0.05) is 59.2 Å². The zero-order valence-electron chi connectivity index (χ0n) is 19.0. The van der Waals surface area contributed by atoms with E-state index >= 15 is 0 Å². The number of anilines is 2. The number of carbonyl (C=O) groups excluding carboxylic acids is 1. The number of allylic oxidation sites excluding steroid dienone is 1. The second-order valence-corrected chi connectivity index (χ2v) is 9.97. The molecule has 4 aromatic rings. The summed E-state index contributed by atoms with van der Waals surface area (Å²) < 4.78 is 15.4. The van der Waals surface area contributed by atoms with Crippen LogP contribution in [-0.4, -0.2) is 20.7 Å². The van der Waals surface area contributed by atoms with Gasteiger partial charge in [0, 0.05) is 27.2 Å². The average Bonchev–Trinajstić information content (AvgIpc) is 3.27. The van der Waals surface area contributed by atoms with Crippen LogP contribution in [0.2, 0.25) is 10.0 Å². The number of benzene rings is 3. The number of fused-ring (bicyclic) bond motifs is 1. The first kappa shape index (κ1) is 24.4. The maximum absolute atomic E-state index is 13.7. The van der Waals surface area contributed by atoms with Crippen LogP contribution in [-0.2, 0) is 10.5 Å². The van der Waals surface area contributed by atoms with E-state index in [0.29, 0.717) is 49.4 Å². The Morgan fingerprint density at radius 3 is 2.33 bits per heavy atom. The molecule has 10 heteroatoms. The molecule has 182 valence electrons. The molecule has 6 nitrogen and oxygen atoms in total. The van der Waals surface area contributed by atoms with Gasteiger partial charge in [0.15, 0.2) is 0 Å². The fourth-order valence-electron chi connectivity index (χ4n) is 3.90. The molecule has 1 aliphatic rings. The highest BCUT2D eigenvalue weighted by Gasteiger charge is 2.34. The van der Waals surface area contributed by atoms with E-state index in [1.807, 2.05) is 31.2 Å². The predicted octanol–water partition coefficient (Wildman–Crippen LogP) is 6.94. The number of rotatable bonds is 6. The maximum atomic E-state index is 13.7. The van der Waals surface area contributed by atoms with E-state index in [9.17, 15) is 9.18 Å². The van der Waals surface area contributed by atoms with Gasteiger partial charge in [0.2, 0.25) is 11.1 Å². The Labute approximate surface area is 221 Å². The highest BCUT2D eigenvalue weighted by Crippen LogP contribution is 2.37. The number of halogens is 3. The van der Waals surface area contributed by atoms with E-state index in [1.54, 1.807) is 41.1 Å². The average molecular weight is 540 g/mol. The normalized spacial score (nSPS) is 14.8. The molecule has 0 bridgehead atoms. The lowest BCUT2D eigenvalue weighted by molar-refractivity contribution is -0.113. The molecule has 2 N–H and O–H groups in total. The van der Waals surface area contributed by atoms with E-state index in [2.05, 4.69) is 15.6 Å². The van der Waals surface area contributed by atoms with Crippen LogP contribution in [0.4, 0.5) is 16.0 Å². The monoisotopic (exact) mass is 539 g/mol. The first-order valence-corrected chi connectivity index (χ1v) is 12.8. The molecule has 3 aromatic carbocycles.